The van der Waals surface area contributed by atoms with E-state index in [1.807, 2.05) is 12.1 Å². The van der Waals surface area contributed by atoms with Gasteiger partial charge in [0.05, 0.1) is 0 Å². The van der Waals surface area contributed by atoms with Gasteiger partial charge in [-0.15, -0.1) is 4.98 Å². The third-order valence-electron chi connectivity index (χ3n) is 5.71. The molecule has 6 nitrogen and oxygen atoms in total. The fourth-order valence-electron chi connectivity index (χ4n) is 4.25. The quantitative estimate of drug-likeness (QED) is 0.782. The Kier molecular flexibility index (Phi) is 5.77. The molecule has 3 heterocycles. The van der Waals surface area contributed by atoms with Crippen LogP contribution in [-0.2, 0) is 4.79 Å². The van der Waals surface area contributed by atoms with Crippen molar-refractivity contribution in [2.75, 3.05) is 37.6 Å². The third kappa shape index (κ3) is 3.99. The van der Waals surface area contributed by atoms with Crippen LogP contribution in [0, 0.1) is 12.5 Å². The van der Waals surface area contributed by atoms with Crippen LogP contribution in [-0.4, -0.2) is 65.5 Å². The first-order valence-electron chi connectivity index (χ1n) is 9.62. The second-order valence-corrected chi connectivity index (χ2v) is 7.71. The first kappa shape index (κ1) is 18.7. The molecule has 0 saturated carbocycles. The number of pyridine rings is 1. The van der Waals surface area contributed by atoms with Crippen LogP contribution in [0.15, 0.2) is 18.3 Å². The fourth-order valence-corrected chi connectivity index (χ4v) is 4.25. The lowest BCUT2D eigenvalue weighted by atomic mass is 9.94. The molecule has 3 rings (SSSR count). The van der Waals surface area contributed by atoms with Crippen molar-refractivity contribution in [2.45, 2.75) is 45.7 Å². The van der Waals surface area contributed by atoms with Gasteiger partial charge in [-0.3, -0.25) is 9.69 Å². The van der Waals surface area contributed by atoms with Gasteiger partial charge in [0.15, 0.2) is 0 Å². The Bertz CT molecular complexity index is 675. The summed E-state index contributed by atoms with van der Waals surface area (Å²) in [5, 5.41) is 0. The molecule has 2 aliphatic rings. The van der Waals surface area contributed by atoms with Gasteiger partial charge in [-0.25, -0.2) is 0 Å². The van der Waals surface area contributed by atoms with Crippen molar-refractivity contribution >= 4 is 17.4 Å². The number of rotatable bonds is 3. The molecule has 0 radical (unpaired) electrons. The molecule has 2 fully saturated rings. The van der Waals surface area contributed by atoms with E-state index in [0.717, 1.165) is 51.3 Å². The average Bonchev–Trinajstić information content (AvgIpc) is 2.67. The molecule has 0 unspecified atom stereocenters. The number of piperidine rings is 1. The van der Waals surface area contributed by atoms with Crippen LogP contribution >= 0.6 is 0 Å². The van der Waals surface area contributed by atoms with E-state index in [1.165, 1.54) is 0 Å². The zero-order chi connectivity index (χ0) is 18.7. The van der Waals surface area contributed by atoms with Crippen molar-refractivity contribution in [2.24, 2.45) is 5.92 Å². The van der Waals surface area contributed by atoms with Crippen LogP contribution < -0.4 is 4.90 Å². The van der Waals surface area contributed by atoms with E-state index in [2.05, 4.69) is 45.3 Å². The predicted molar refractivity (Wildman–Crippen MR) is 103 cm³/mol. The van der Waals surface area contributed by atoms with Crippen molar-refractivity contribution in [1.82, 2.24) is 14.8 Å². The van der Waals surface area contributed by atoms with E-state index in [1.54, 1.807) is 6.20 Å². The van der Waals surface area contributed by atoms with Crippen molar-refractivity contribution in [1.29, 1.82) is 0 Å². The number of hydrogen-bond acceptors (Lipinski definition) is 4. The zero-order valence-corrected chi connectivity index (χ0v) is 16.1. The topological polar surface area (TPSA) is 44.0 Å². The normalized spacial score (nSPS) is 22.5. The lowest BCUT2D eigenvalue weighted by Gasteiger charge is -2.43. The molecule has 0 aromatic carbocycles. The summed E-state index contributed by atoms with van der Waals surface area (Å²) in [5.41, 5.74) is 1.04. The van der Waals surface area contributed by atoms with Crippen molar-refractivity contribution in [3.8, 4) is 0 Å². The third-order valence-corrected chi connectivity index (χ3v) is 5.71. The first-order chi connectivity index (χ1) is 12.5. The number of carbonyl (C=O) groups is 1. The summed E-state index contributed by atoms with van der Waals surface area (Å²) >= 11 is 0. The Morgan fingerprint density at radius 1 is 1.27 bits per heavy atom. The van der Waals surface area contributed by atoms with Gasteiger partial charge in [0.2, 0.25) is 5.91 Å². The summed E-state index contributed by atoms with van der Waals surface area (Å²) in [6.07, 6.45) is 3.45. The molecular formula is C20H29N5O. The lowest BCUT2D eigenvalue weighted by molar-refractivity contribution is -0.139. The molecule has 1 amide bonds. The maximum Gasteiger partial charge on any atom is 0.271 e. The second-order valence-electron chi connectivity index (χ2n) is 7.71. The summed E-state index contributed by atoms with van der Waals surface area (Å²) in [5.74, 6) is 0.889. The molecule has 1 aromatic heterocycles. The summed E-state index contributed by atoms with van der Waals surface area (Å²) < 4.78 is 0. The molecule has 2 aliphatic heterocycles. The summed E-state index contributed by atoms with van der Waals surface area (Å²) in [7, 11) is 0. The maximum absolute atomic E-state index is 13.0. The van der Waals surface area contributed by atoms with Gasteiger partial charge < -0.3 is 14.6 Å². The van der Waals surface area contributed by atoms with E-state index >= 15 is 0 Å². The highest BCUT2D eigenvalue weighted by atomic mass is 16.2. The Labute approximate surface area is 156 Å². The van der Waals surface area contributed by atoms with E-state index in [9.17, 15) is 4.79 Å². The van der Waals surface area contributed by atoms with Gasteiger partial charge in [-0.1, -0.05) is 6.57 Å². The van der Waals surface area contributed by atoms with E-state index in [0.29, 0.717) is 23.8 Å². The highest BCUT2D eigenvalue weighted by Crippen LogP contribution is 2.27. The van der Waals surface area contributed by atoms with Crippen LogP contribution in [0.1, 0.15) is 33.6 Å². The average molecular weight is 355 g/mol. The molecule has 0 aliphatic carbocycles. The SMILES string of the molecule is [C-]#[N+]c1cc(N2CCC(C(=O)N3CCN(C(C)C)[C@@H](C)C3)CC2)ccn1. The van der Waals surface area contributed by atoms with Crippen molar-refractivity contribution < 1.29 is 4.79 Å². The number of carbonyl (C=O) groups excluding carboxylic acids is 1. The maximum atomic E-state index is 13.0. The van der Waals surface area contributed by atoms with Crippen molar-refractivity contribution in [3.63, 3.8) is 0 Å². The van der Waals surface area contributed by atoms with Crippen LogP contribution in [0.3, 0.4) is 0 Å². The summed E-state index contributed by atoms with van der Waals surface area (Å²) in [4.78, 5) is 27.2. The first-order valence-corrected chi connectivity index (χ1v) is 9.62. The second kappa shape index (κ2) is 8.05. The van der Waals surface area contributed by atoms with E-state index < -0.39 is 0 Å². The van der Waals surface area contributed by atoms with Crippen LogP contribution in [0.4, 0.5) is 11.5 Å². The zero-order valence-electron chi connectivity index (χ0n) is 16.1. The van der Waals surface area contributed by atoms with Gasteiger partial charge in [0, 0.05) is 62.5 Å². The molecule has 1 aromatic rings. The molecule has 26 heavy (non-hydrogen) atoms. The number of piperazine rings is 1. The fraction of sp³-hybridized carbons (Fsp3) is 0.650. The van der Waals surface area contributed by atoms with Crippen LogP contribution in [0.5, 0.6) is 0 Å². The number of aromatic nitrogens is 1. The Morgan fingerprint density at radius 2 is 2.00 bits per heavy atom. The monoisotopic (exact) mass is 355 g/mol. The highest BCUT2D eigenvalue weighted by molar-refractivity contribution is 5.79. The predicted octanol–water partition coefficient (Wildman–Crippen LogP) is 2.79. The highest BCUT2D eigenvalue weighted by Gasteiger charge is 2.33. The van der Waals surface area contributed by atoms with Crippen molar-refractivity contribution in [3.05, 3.63) is 29.7 Å². The minimum absolute atomic E-state index is 0.131. The molecule has 0 spiro atoms. The number of anilines is 1. The minimum atomic E-state index is 0.131. The van der Waals surface area contributed by atoms with Crippen LogP contribution in [0.25, 0.3) is 4.85 Å². The van der Waals surface area contributed by atoms with E-state index in [4.69, 9.17) is 6.57 Å². The molecule has 0 bridgehead atoms. The summed E-state index contributed by atoms with van der Waals surface area (Å²) in [6, 6.07) is 4.74. The molecule has 2 saturated heterocycles. The smallest absolute Gasteiger partial charge is 0.271 e. The van der Waals surface area contributed by atoms with Gasteiger partial charge in [0.1, 0.15) is 6.20 Å². The van der Waals surface area contributed by atoms with Gasteiger partial charge in [-0.05, 0) is 39.7 Å². The Hall–Kier alpha value is -2.13. The van der Waals surface area contributed by atoms with Crippen LogP contribution in [0.2, 0.25) is 0 Å². The van der Waals surface area contributed by atoms with Gasteiger partial charge in [-0.2, -0.15) is 0 Å². The molecular weight excluding hydrogens is 326 g/mol. The number of hydrogen-bond donors (Lipinski definition) is 0. The number of nitrogens with zero attached hydrogens (tertiary/aromatic N) is 5. The minimum Gasteiger partial charge on any atom is -0.372 e. The summed E-state index contributed by atoms with van der Waals surface area (Å²) in [6.45, 7) is 18.2. The largest absolute Gasteiger partial charge is 0.372 e. The lowest BCUT2D eigenvalue weighted by Crippen LogP contribution is -2.57. The molecule has 0 N–H and O–H groups in total. The molecule has 6 heteroatoms. The van der Waals surface area contributed by atoms with E-state index in [-0.39, 0.29) is 5.92 Å². The molecule has 140 valence electrons. The van der Waals surface area contributed by atoms with Gasteiger partial charge in [0.25, 0.3) is 5.82 Å². The molecule has 1 atom stereocenters. The Balaban J connectivity index is 1.55. The number of amides is 1. The standard InChI is InChI=1S/C20H29N5O/c1-15(2)25-12-11-24(14-16(25)3)20(26)17-6-9-23(10-7-17)18-5-8-22-19(13-18)21-4/h5,8,13,15-17H,6-7,9-12,14H2,1-3H3/t16-/m0/s1. The van der Waals surface area contributed by atoms with Gasteiger partial charge >= 0.3 is 0 Å². The Morgan fingerprint density at radius 3 is 2.62 bits per heavy atom.